The second kappa shape index (κ2) is 16.8. The summed E-state index contributed by atoms with van der Waals surface area (Å²) in [4.78, 5) is 27.7. The molecule has 0 saturated heterocycles. The molecule has 296 valence electrons. The minimum atomic E-state index is -2.73. The molecule has 7 rings (SSSR count). The van der Waals surface area contributed by atoms with Crippen LogP contribution in [0.15, 0.2) is 158 Å². The summed E-state index contributed by atoms with van der Waals surface area (Å²) >= 11 is 0. The number of ketones is 2. The zero-order chi connectivity index (χ0) is 41.0. The first-order chi connectivity index (χ1) is 27.9. The lowest BCUT2D eigenvalue weighted by Crippen LogP contribution is -2.66. The first kappa shape index (κ1) is 40.8. The molecule has 6 aromatic carbocycles. The van der Waals surface area contributed by atoms with E-state index in [1.54, 1.807) is 36.4 Å². The molecule has 8 heteroatoms. The number of hydrogen-bond acceptors (Lipinski definition) is 6. The quantitative estimate of drug-likeness (QED) is 0.0814. The van der Waals surface area contributed by atoms with Crippen molar-refractivity contribution in [3.05, 3.63) is 180 Å². The van der Waals surface area contributed by atoms with Gasteiger partial charge in [-0.2, -0.15) is 0 Å². The fraction of sp³-hybridized carbons (Fsp3) is 0.240. The maximum Gasteiger partial charge on any atom is 0.261 e. The molecule has 1 aliphatic rings. The van der Waals surface area contributed by atoms with Gasteiger partial charge in [0.2, 0.25) is 0 Å². The van der Waals surface area contributed by atoms with Crippen molar-refractivity contribution >= 4 is 48.9 Å². The number of benzene rings is 6. The van der Waals surface area contributed by atoms with Crippen molar-refractivity contribution in [2.45, 2.75) is 51.6 Å². The smallest absolute Gasteiger partial charge is 0.261 e. The fourth-order valence-electron chi connectivity index (χ4n) is 8.52. The monoisotopic (exact) mass is 804 g/mol. The van der Waals surface area contributed by atoms with Crippen molar-refractivity contribution in [1.82, 2.24) is 0 Å². The van der Waals surface area contributed by atoms with E-state index in [-0.39, 0.29) is 34.9 Å². The lowest BCUT2D eigenvalue weighted by molar-refractivity contribution is 0.0978. The topological polar surface area (TPSA) is 71.1 Å². The highest BCUT2D eigenvalue weighted by Crippen LogP contribution is 2.38. The number of fused-ring (bicyclic) bond motifs is 2. The Hall–Kier alpha value is -5.39. The molecule has 0 spiro atoms. The van der Waals surface area contributed by atoms with Crippen LogP contribution in [0.2, 0.25) is 10.1 Å². The molecule has 0 N–H and O–H groups in total. The molecule has 0 unspecified atom stereocenters. The first-order valence-corrected chi connectivity index (χ1v) is 23.8. The van der Waals surface area contributed by atoms with E-state index in [1.165, 1.54) is 20.7 Å². The van der Waals surface area contributed by atoms with Gasteiger partial charge >= 0.3 is 0 Å². The molecule has 0 radical (unpaired) electrons. The summed E-state index contributed by atoms with van der Waals surface area (Å²) in [7, 11) is -5.45. The van der Waals surface area contributed by atoms with Crippen molar-refractivity contribution in [1.29, 1.82) is 0 Å². The van der Waals surface area contributed by atoms with E-state index in [0.717, 1.165) is 0 Å². The third kappa shape index (κ3) is 7.77. The second-order valence-electron chi connectivity index (χ2n) is 16.8. The molecule has 6 aromatic rings. The van der Waals surface area contributed by atoms with E-state index in [4.69, 9.17) is 18.3 Å². The molecule has 0 bridgehead atoms. The lowest BCUT2D eigenvalue weighted by Gasteiger charge is -2.43. The average molecular weight is 805 g/mol. The molecule has 58 heavy (non-hydrogen) atoms. The van der Waals surface area contributed by atoms with E-state index in [0.29, 0.717) is 47.0 Å². The molecule has 0 fully saturated rings. The lowest BCUT2D eigenvalue weighted by atomic mass is 9.84. The van der Waals surface area contributed by atoms with Gasteiger partial charge in [-0.25, -0.2) is 0 Å². The number of carbonyl (C=O) groups excluding carboxylic acids is 2. The Morgan fingerprint density at radius 3 is 0.948 bits per heavy atom. The Labute approximate surface area is 345 Å². The summed E-state index contributed by atoms with van der Waals surface area (Å²) in [6.45, 7) is 14.7. The van der Waals surface area contributed by atoms with E-state index in [2.05, 4.69) is 139 Å². The average Bonchev–Trinajstić information content (AvgIpc) is 3.23. The standard InChI is InChI=1S/C50H52O6Si2/c1-49(2,3)57(39-19-11-7-12-20-39,40-21-13-8-14-22-40)55-33-31-53-37-27-29-43-45(35-37)47(51)44-30-28-38(36-46(44)48(43)52)54-32-34-56-58(50(4,5)6,41-23-15-9-16-24-41)42-25-17-10-18-26-42/h7-30,35-36H,31-34H2,1-6H3. The normalized spacial score (nSPS) is 13.1. The molecule has 0 heterocycles. The van der Waals surface area contributed by atoms with Crippen LogP contribution in [0, 0.1) is 0 Å². The summed E-state index contributed by atoms with van der Waals surface area (Å²) in [5, 5.41) is 4.46. The zero-order valence-electron chi connectivity index (χ0n) is 34.3. The van der Waals surface area contributed by atoms with Gasteiger partial charge in [-0.15, -0.1) is 0 Å². The molecule has 0 amide bonds. The van der Waals surface area contributed by atoms with Crippen LogP contribution in [-0.4, -0.2) is 54.6 Å². The van der Waals surface area contributed by atoms with Gasteiger partial charge in [0.1, 0.15) is 24.7 Å². The Bertz CT molecular complexity index is 2100. The minimum absolute atomic E-state index is 0.162. The second-order valence-corrected chi connectivity index (χ2v) is 25.4. The third-order valence-corrected chi connectivity index (χ3v) is 21.2. The molecule has 0 atom stereocenters. The largest absolute Gasteiger partial charge is 0.491 e. The Kier molecular flexibility index (Phi) is 11.8. The van der Waals surface area contributed by atoms with Crippen LogP contribution in [-0.2, 0) is 8.85 Å². The van der Waals surface area contributed by atoms with Gasteiger partial charge in [-0.3, -0.25) is 9.59 Å². The molecular weight excluding hydrogens is 753 g/mol. The molecular formula is C50H52O6Si2. The van der Waals surface area contributed by atoms with Gasteiger partial charge in [-0.1, -0.05) is 163 Å². The van der Waals surface area contributed by atoms with E-state index >= 15 is 0 Å². The Morgan fingerprint density at radius 2 is 0.672 bits per heavy atom. The number of ether oxygens (including phenoxy) is 2. The van der Waals surface area contributed by atoms with Gasteiger partial charge < -0.3 is 18.3 Å². The highest BCUT2D eigenvalue weighted by Gasteiger charge is 2.51. The van der Waals surface area contributed by atoms with Crippen molar-refractivity contribution in [2.24, 2.45) is 0 Å². The highest BCUT2D eigenvalue weighted by atomic mass is 28.4. The Morgan fingerprint density at radius 1 is 0.379 bits per heavy atom. The van der Waals surface area contributed by atoms with Gasteiger partial charge in [0.15, 0.2) is 11.6 Å². The third-order valence-electron chi connectivity index (χ3n) is 11.1. The van der Waals surface area contributed by atoms with Crippen molar-refractivity contribution in [2.75, 3.05) is 26.4 Å². The maximum atomic E-state index is 13.9. The molecule has 6 nitrogen and oxygen atoms in total. The zero-order valence-corrected chi connectivity index (χ0v) is 36.3. The van der Waals surface area contributed by atoms with Gasteiger partial charge in [-0.05, 0) is 67.2 Å². The summed E-state index contributed by atoms with van der Waals surface area (Å²) in [5.41, 5.74) is 1.35. The van der Waals surface area contributed by atoms with E-state index in [9.17, 15) is 9.59 Å². The van der Waals surface area contributed by atoms with Crippen LogP contribution in [0.5, 0.6) is 11.5 Å². The van der Waals surface area contributed by atoms with Gasteiger partial charge in [0.25, 0.3) is 16.6 Å². The van der Waals surface area contributed by atoms with Crippen LogP contribution < -0.4 is 30.2 Å². The fourth-order valence-corrected chi connectivity index (χ4v) is 17.6. The van der Waals surface area contributed by atoms with Crippen molar-refractivity contribution in [3.8, 4) is 11.5 Å². The van der Waals surface area contributed by atoms with Crippen LogP contribution in [0.4, 0.5) is 0 Å². The van der Waals surface area contributed by atoms with E-state index in [1.807, 2.05) is 24.3 Å². The summed E-state index contributed by atoms with van der Waals surface area (Å²) in [6, 6.07) is 52.2. The molecule has 0 aromatic heterocycles. The molecule has 0 aliphatic heterocycles. The van der Waals surface area contributed by atoms with E-state index < -0.39 is 16.6 Å². The van der Waals surface area contributed by atoms with Crippen LogP contribution in [0.25, 0.3) is 0 Å². The van der Waals surface area contributed by atoms with Crippen molar-refractivity contribution in [3.63, 3.8) is 0 Å². The number of rotatable bonds is 14. The number of carbonyl (C=O) groups is 2. The van der Waals surface area contributed by atoms with Crippen LogP contribution in [0.1, 0.15) is 73.4 Å². The van der Waals surface area contributed by atoms with Crippen LogP contribution in [0.3, 0.4) is 0 Å². The Balaban J connectivity index is 1.03. The summed E-state index contributed by atoms with van der Waals surface area (Å²) in [6.07, 6.45) is 0. The summed E-state index contributed by atoms with van der Waals surface area (Å²) < 4.78 is 26.4. The van der Waals surface area contributed by atoms with Crippen molar-refractivity contribution < 1.29 is 27.9 Å². The minimum Gasteiger partial charge on any atom is -0.491 e. The summed E-state index contributed by atoms with van der Waals surface area (Å²) in [5.74, 6) is 0.575. The van der Waals surface area contributed by atoms with Gasteiger partial charge in [0.05, 0.1) is 13.2 Å². The molecule has 0 saturated carbocycles. The highest BCUT2D eigenvalue weighted by molar-refractivity contribution is 7.00. The predicted octanol–water partition coefficient (Wildman–Crippen LogP) is 8.37. The maximum absolute atomic E-state index is 13.9. The first-order valence-electron chi connectivity index (χ1n) is 20.0. The SMILES string of the molecule is CC(C)(C)[Si](OCCOc1ccc2c(c1)C(=O)c1ccc(OCCO[Si](c3ccccc3)(c3ccccc3)C(C)(C)C)cc1C2=O)(c1ccccc1)c1ccccc1. The van der Waals surface area contributed by atoms with Crippen LogP contribution >= 0.6 is 0 Å². The number of hydrogen-bond donors (Lipinski definition) is 0. The van der Waals surface area contributed by atoms with Gasteiger partial charge in [0, 0.05) is 22.3 Å². The predicted molar refractivity (Wildman–Crippen MR) is 238 cm³/mol. The molecule has 1 aliphatic carbocycles.